The maximum atomic E-state index is 8.80. The molecule has 1 aromatic heterocycles. The van der Waals surface area contributed by atoms with Crippen LogP contribution in [0.1, 0.15) is 74.1 Å². The van der Waals surface area contributed by atoms with Gasteiger partial charge in [0.1, 0.15) is 5.69 Å². The number of ether oxygens (including phenoxy) is 1. The van der Waals surface area contributed by atoms with Gasteiger partial charge in [-0.15, -0.1) is 0 Å². The number of aromatic nitrogens is 2. The Kier molecular flexibility index (Phi) is 19.5. The second-order valence-electron chi connectivity index (χ2n) is 6.77. The molecule has 2 unspecified atom stereocenters. The zero-order valence-corrected chi connectivity index (χ0v) is 21.7. The summed E-state index contributed by atoms with van der Waals surface area (Å²) in [6.45, 7) is 13.1. The van der Waals surface area contributed by atoms with Gasteiger partial charge in [0, 0.05) is 11.8 Å². The highest BCUT2D eigenvalue weighted by molar-refractivity contribution is 7.99. The molecule has 0 bridgehead atoms. The maximum Gasteiger partial charge on any atom is 0.191 e. The first-order valence-corrected chi connectivity index (χ1v) is 12.4. The van der Waals surface area contributed by atoms with E-state index in [2.05, 4.69) is 22.2 Å². The third-order valence-electron chi connectivity index (χ3n) is 3.48. The Morgan fingerprint density at radius 1 is 1.19 bits per heavy atom. The Hall–Kier alpha value is -0.840. The normalized spacial score (nSPS) is 17.4. The molecule has 31 heavy (non-hydrogen) atoms. The van der Waals surface area contributed by atoms with Gasteiger partial charge >= 0.3 is 0 Å². The summed E-state index contributed by atoms with van der Waals surface area (Å²) in [5.74, 6) is 0.0478. The highest BCUT2D eigenvalue weighted by Gasteiger charge is 2.26. The van der Waals surface area contributed by atoms with Crippen LogP contribution in [0.3, 0.4) is 0 Å². The smallest absolute Gasteiger partial charge is 0.191 e. The summed E-state index contributed by atoms with van der Waals surface area (Å²) in [4.78, 5) is 8.67. The lowest BCUT2D eigenvalue weighted by Crippen LogP contribution is -2.20. The molecular weight excluding hydrogens is 440 g/mol. The number of nitrogens with one attached hydrogen (secondary N) is 1. The van der Waals surface area contributed by atoms with Crippen LogP contribution in [0.5, 0.6) is 0 Å². The molecule has 1 heterocycles. The fraction of sp³-hybridized carbons (Fsp3) is 0.810. The molecule has 6 N–H and O–H groups in total. The lowest BCUT2D eigenvalue weighted by atomic mass is 10.2. The zero-order chi connectivity index (χ0) is 24.4. The molecule has 1 aromatic rings. The lowest BCUT2D eigenvalue weighted by Gasteiger charge is -2.16. The SMILES string of the molecule is CC.CC.CC(C)(O)O.CCCSc1nc(Cl)c(N)c(NC2CCC(OCCO)C2)n1. The number of aliphatic hydroxyl groups is 3. The van der Waals surface area contributed by atoms with Crippen molar-refractivity contribution in [2.75, 3.05) is 30.0 Å². The van der Waals surface area contributed by atoms with E-state index in [1.165, 1.54) is 13.8 Å². The van der Waals surface area contributed by atoms with Gasteiger partial charge in [-0.1, -0.05) is 58.0 Å². The Balaban J connectivity index is 0. The van der Waals surface area contributed by atoms with Crippen molar-refractivity contribution in [2.24, 2.45) is 0 Å². The minimum atomic E-state index is -1.50. The molecule has 0 aliphatic heterocycles. The van der Waals surface area contributed by atoms with E-state index < -0.39 is 5.79 Å². The summed E-state index contributed by atoms with van der Waals surface area (Å²) in [6, 6.07) is 0.251. The number of aliphatic hydroxyl groups excluding tert-OH is 1. The quantitative estimate of drug-likeness (QED) is 0.159. The minimum absolute atomic E-state index is 0.0566. The third-order valence-corrected chi connectivity index (χ3v) is 4.83. The average Bonchev–Trinajstić information content (AvgIpc) is 3.17. The van der Waals surface area contributed by atoms with Crippen molar-refractivity contribution in [1.82, 2.24) is 9.97 Å². The number of thioether (sulfide) groups is 1. The first-order valence-electron chi connectivity index (χ1n) is 11.0. The van der Waals surface area contributed by atoms with E-state index in [-0.39, 0.29) is 18.8 Å². The van der Waals surface area contributed by atoms with Crippen molar-refractivity contribution in [3.63, 3.8) is 0 Å². The summed E-state index contributed by atoms with van der Waals surface area (Å²) in [7, 11) is 0. The van der Waals surface area contributed by atoms with Gasteiger partial charge in [0.25, 0.3) is 0 Å². The van der Waals surface area contributed by atoms with E-state index >= 15 is 0 Å². The van der Waals surface area contributed by atoms with E-state index in [0.29, 0.717) is 28.4 Å². The molecule has 0 saturated heterocycles. The van der Waals surface area contributed by atoms with Crippen molar-refractivity contribution in [2.45, 2.75) is 97.2 Å². The number of halogens is 1. The van der Waals surface area contributed by atoms with Crippen molar-refractivity contribution in [3.8, 4) is 0 Å². The molecule has 1 saturated carbocycles. The van der Waals surface area contributed by atoms with Gasteiger partial charge < -0.3 is 31.1 Å². The van der Waals surface area contributed by atoms with E-state index in [1.54, 1.807) is 11.8 Å². The summed E-state index contributed by atoms with van der Waals surface area (Å²) < 4.78 is 5.57. The Morgan fingerprint density at radius 3 is 2.29 bits per heavy atom. The van der Waals surface area contributed by atoms with Crippen LogP contribution < -0.4 is 11.1 Å². The summed E-state index contributed by atoms with van der Waals surface area (Å²) in [5.41, 5.74) is 6.37. The van der Waals surface area contributed by atoms with Gasteiger partial charge in [-0.25, -0.2) is 9.97 Å². The minimum Gasteiger partial charge on any atom is -0.394 e. The second-order valence-corrected chi connectivity index (χ2v) is 8.19. The van der Waals surface area contributed by atoms with E-state index in [4.69, 9.17) is 37.4 Å². The number of rotatable bonds is 8. The predicted octanol–water partition coefficient (Wildman–Crippen LogP) is 4.32. The molecule has 8 nitrogen and oxygen atoms in total. The fourth-order valence-corrected chi connectivity index (χ4v) is 3.34. The topological polar surface area (TPSA) is 134 Å². The van der Waals surface area contributed by atoms with Gasteiger partial charge in [-0.2, -0.15) is 0 Å². The Labute approximate surface area is 197 Å². The van der Waals surface area contributed by atoms with E-state index in [9.17, 15) is 0 Å². The lowest BCUT2D eigenvalue weighted by molar-refractivity contribution is -0.127. The van der Waals surface area contributed by atoms with E-state index in [0.717, 1.165) is 31.4 Å². The first kappa shape index (κ1) is 32.3. The van der Waals surface area contributed by atoms with Crippen LogP contribution in [0.4, 0.5) is 11.5 Å². The van der Waals surface area contributed by atoms with Gasteiger partial charge in [0.15, 0.2) is 21.9 Å². The van der Waals surface area contributed by atoms with Gasteiger partial charge in [-0.05, 0) is 39.5 Å². The molecule has 0 amide bonds. The van der Waals surface area contributed by atoms with Crippen LogP contribution in [-0.4, -0.2) is 62.2 Å². The van der Waals surface area contributed by atoms with Crippen LogP contribution in [0.25, 0.3) is 0 Å². The average molecular weight is 483 g/mol. The predicted molar refractivity (Wildman–Crippen MR) is 132 cm³/mol. The number of hydrogen-bond donors (Lipinski definition) is 5. The van der Waals surface area contributed by atoms with Crippen LogP contribution >= 0.6 is 23.4 Å². The van der Waals surface area contributed by atoms with Crippen LogP contribution in [0, 0.1) is 0 Å². The maximum absolute atomic E-state index is 8.80. The largest absolute Gasteiger partial charge is 0.394 e. The number of nitrogen functional groups attached to an aromatic ring is 1. The Morgan fingerprint density at radius 2 is 1.77 bits per heavy atom. The molecule has 1 aliphatic carbocycles. The summed E-state index contributed by atoms with van der Waals surface area (Å²) in [6.07, 6.45) is 4.05. The number of nitrogens with zero attached hydrogens (tertiary/aromatic N) is 2. The summed E-state index contributed by atoms with van der Waals surface area (Å²) in [5, 5.41) is 29.3. The highest BCUT2D eigenvalue weighted by atomic mass is 35.5. The monoisotopic (exact) mass is 482 g/mol. The molecule has 0 radical (unpaired) electrons. The molecule has 184 valence electrons. The number of nitrogens with two attached hydrogens (primary N) is 1. The fourth-order valence-electron chi connectivity index (χ4n) is 2.43. The zero-order valence-electron chi connectivity index (χ0n) is 20.1. The molecule has 10 heteroatoms. The third kappa shape index (κ3) is 16.5. The number of hydrogen-bond acceptors (Lipinski definition) is 9. The van der Waals surface area contributed by atoms with Gasteiger partial charge in [-0.3, -0.25) is 0 Å². The molecule has 1 aliphatic rings. The van der Waals surface area contributed by atoms with Gasteiger partial charge in [0.2, 0.25) is 0 Å². The van der Waals surface area contributed by atoms with Crippen molar-refractivity contribution in [3.05, 3.63) is 5.15 Å². The second kappa shape index (κ2) is 18.7. The van der Waals surface area contributed by atoms with Crippen LogP contribution in [-0.2, 0) is 4.74 Å². The first-order chi connectivity index (χ1) is 14.6. The molecular formula is C21H43ClN4O4S. The van der Waals surface area contributed by atoms with Crippen molar-refractivity contribution < 1.29 is 20.1 Å². The van der Waals surface area contributed by atoms with Crippen molar-refractivity contribution in [1.29, 1.82) is 0 Å². The standard InChI is InChI=1S/C14H23ClN4O2S.C3H8O2.2C2H6/c1-2-7-22-14-18-12(15)11(16)13(19-14)17-9-3-4-10(8-9)21-6-5-20;1-3(2,4)5;2*1-2/h9-10,20H,2-8,16H2,1H3,(H,17,18,19);4-5H,1-2H3;2*1-2H3. The van der Waals surface area contributed by atoms with Gasteiger partial charge in [0.05, 0.1) is 19.3 Å². The molecule has 0 aromatic carbocycles. The number of anilines is 2. The Bertz CT molecular complexity index is 571. The van der Waals surface area contributed by atoms with Crippen LogP contribution in [0.2, 0.25) is 5.15 Å². The highest BCUT2D eigenvalue weighted by Crippen LogP contribution is 2.31. The van der Waals surface area contributed by atoms with E-state index in [1.807, 2.05) is 27.7 Å². The van der Waals surface area contributed by atoms with Crippen LogP contribution in [0.15, 0.2) is 5.16 Å². The molecule has 0 spiro atoms. The van der Waals surface area contributed by atoms with Crippen molar-refractivity contribution >= 4 is 34.9 Å². The molecule has 2 rings (SSSR count). The molecule has 2 atom stereocenters. The summed E-state index contributed by atoms with van der Waals surface area (Å²) >= 11 is 7.67. The molecule has 1 fully saturated rings.